The third-order valence-corrected chi connectivity index (χ3v) is 7.47. The lowest BCUT2D eigenvalue weighted by Gasteiger charge is -2.32. The van der Waals surface area contributed by atoms with E-state index in [1.165, 1.54) is 22.4 Å². The van der Waals surface area contributed by atoms with Crippen LogP contribution >= 0.6 is 27.5 Å². The van der Waals surface area contributed by atoms with Crippen molar-refractivity contribution in [3.63, 3.8) is 0 Å². The van der Waals surface area contributed by atoms with Gasteiger partial charge in [-0.05, 0) is 70.0 Å². The zero-order valence-corrected chi connectivity index (χ0v) is 25.2. The summed E-state index contributed by atoms with van der Waals surface area (Å²) in [5.74, 6) is -0.0843. The van der Waals surface area contributed by atoms with E-state index in [1.54, 1.807) is 19.1 Å². The van der Waals surface area contributed by atoms with Crippen LogP contribution in [0.2, 0.25) is 5.02 Å². The van der Waals surface area contributed by atoms with E-state index in [9.17, 15) is 18.0 Å². The Hall–Kier alpha value is -2.30. The zero-order chi connectivity index (χ0) is 28.0. The van der Waals surface area contributed by atoms with E-state index in [0.717, 1.165) is 16.3 Å². The summed E-state index contributed by atoms with van der Waals surface area (Å²) in [4.78, 5) is 27.8. The molecule has 2 rings (SSSR count). The first-order valence-corrected chi connectivity index (χ1v) is 14.8. The number of ether oxygens (including phenoxy) is 1. The fourth-order valence-electron chi connectivity index (χ4n) is 3.70. The maximum absolute atomic E-state index is 13.4. The standard InChI is InChI=1S/C26H35BrClN3O5S/c1-18(25(33)29-26(2,3)4)30(17-19-9-7-10-20(27)15-19)24(32)11-8-14-31(37(6,34)35)21-12-13-23(36-5)22(28)16-21/h7,9-10,12-13,15-16,18H,8,11,14,17H2,1-6H3,(H,29,33). The molecule has 1 atom stereocenters. The Morgan fingerprint density at radius 3 is 2.38 bits per heavy atom. The van der Waals surface area contributed by atoms with Crippen LogP contribution < -0.4 is 14.4 Å². The topological polar surface area (TPSA) is 96.0 Å². The molecule has 0 saturated heterocycles. The third kappa shape index (κ3) is 9.50. The minimum Gasteiger partial charge on any atom is -0.495 e. The molecule has 2 aromatic carbocycles. The van der Waals surface area contributed by atoms with Crippen LogP contribution in [0.1, 0.15) is 46.1 Å². The number of nitrogens with zero attached hydrogens (tertiary/aromatic N) is 2. The number of hydrogen-bond acceptors (Lipinski definition) is 5. The Morgan fingerprint density at radius 1 is 1.16 bits per heavy atom. The molecular formula is C26H35BrClN3O5S. The minimum absolute atomic E-state index is 0.0526. The maximum atomic E-state index is 13.4. The van der Waals surface area contributed by atoms with E-state index >= 15 is 0 Å². The van der Waals surface area contributed by atoms with Crippen LogP contribution in [0.4, 0.5) is 5.69 Å². The molecule has 0 aliphatic heterocycles. The Morgan fingerprint density at radius 2 is 1.84 bits per heavy atom. The molecule has 0 aliphatic carbocycles. The first kappa shape index (κ1) is 30.9. The lowest BCUT2D eigenvalue weighted by atomic mass is 10.1. The number of carbonyl (C=O) groups excluding carboxylic acids is 2. The van der Waals surface area contributed by atoms with E-state index in [1.807, 2.05) is 45.0 Å². The van der Waals surface area contributed by atoms with Crippen LogP contribution in [-0.4, -0.2) is 56.6 Å². The highest BCUT2D eigenvalue weighted by Crippen LogP contribution is 2.30. The van der Waals surface area contributed by atoms with Gasteiger partial charge in [-0.2, -0.15) is 0 Å². The number of sulfonamides is 1. The summed E-state index contributed by atoms with van der Waals surface area (Å²) >= 11 is 9.64. The second-order valence-electron chi connectivity index (χ2n) is 9.82. The second-order valence-corrected chi connectivity index (χ2v) is 13.1. The summed E-state index contributed by atoms with van der Waals surface area (Å²) in [6.45, 7) is 7.64. The third-order valence-electron chi connectivity index (χ3n) is 5.48. The van der Waals surface area contributed by atoms with Crippen molar-refractivity contribution < 1.29 is 22.7 Å². The number of rotatable bonds is 11. The van der Waals surface area contributed by atoms with Crippen LogP contribution in [0.25, 0.3) is 0 Å². The lowest BCUT2D eigenvalue weighted by Crippen LogP contribution is -2.52. The molecule has 0 spiro atoms. The lowest BCUT2D eigenvalue weighted by molar-refractivity contribution is -0.141. The molecule has 0 aromatic heterocycles. The van der Waals surface area contributed by atoms with Gasteiger partial charge in [0, 0.05) is 29.5 Å². The molecule has 2 amide bonds. The van der Waals surface area contributed by atoms with Crippen LogP contribution in [0, 0.1) is 0 Å². The van der Waals surface area contributed by atoms with Gasteiger partial charge < -0.3 is 15.0 Å². The molecule has 1 unspecified atom stereocenters. The van der Waals surface area contributed by atoms with Crippen molar-refractivity contribution >= 4 is 55.1 Å². The normalized spacial score (nSPS) is 12.5. The van der Waals surface area contributed by atoms with Crippen molar-refractivity contribution in [3.05, 3.63) is 57.5 Å². The summed E-state index contributed by atoms with van der Waals surface area (Å²) in [6, 6.07) is 11.5. The Bertz CT molecular complexity index is 1220. The van der Waals surface area contributed by atoms with Crippen LogP contribution in [0.3, 0.4) is 0 Å². The van der Waals surface area contributed by atoms with Gasteiger partial charge in [0.15, 0.2) is 0 Å². The van der Waals surface area contributed by atoms with Crippen molar-refractivity contribution in [2.45, 2.75) is 58.7 Å². The maximum Gasteiger partial charge on any atom is 0.242 e. The molecule has 0 heterocycles. The summed E-state index contributed by atoms with van der Waals surface area (Å²) in [7, 11) is -2.16. The quantitative estimate of drug-likeness (QED) is 0.384. The molecular weight excluding hydrogens is 582 g/mol. The number of carbonyl (C=O) groups is 2. The van der Waals surface area contributed by atoms with Crippen LogP contribution in [0.15, 0.2) is 46.9 Å². The zero-order valence-electron chi connectivity index (χ0n) is 22.0. The van der Waals surface area contributed by atoms with Gasteiger partial charge in [0.05, 0.1) is 24.1 Å². The fraction of sp³-hybridized carbons (Fsp3) is 0.462. The average Bonchev–Trinajstić information content (AvgIpc) is 2.77. The van der Waals surface area contributed by atoms with E-state index in [0.29, 0.717) is 11.4 Å². The minimum atomic E-state index is -3.64. The molecule has 2 aromatic rings. The van der Waals surface area contributed by atoms with Crippen molar-refractivity contribution in [1.82, 2.24) is 10.2 Å². The largest absolute Gasteiger partial charge is 0.495 e. The molecule has 11 heteroatoms. The van der Waals surface area contributed by atoms with Crippen molar-refractivity contribution in [3.8, 4) is 5.75 Å². The summed E-state index contributed by atoms with van der Waals surface area (Å²) in [5, 5.41) is 3.21. The highest BCUT2D eigenvalue weighted by molar-refractivity contribution is 9.10. The smallest absolute Gasteiger partial charge is 0.242 e. The first-order chi connectivity index (χ1) is 17.1. The number of methoxy groups -OCH3 is 1. The molecule has 0 aliphatic rings. The number of benzene rings is 2. The van der Waals surface area contributed by atoms with E-state index < -0.39 is 21.6 Å². The monoisotopic (exact) mass is 615 g/mol. The fourth-order valence-corrected chi connectivity index (χ4v) is 5.36. The summed E-state index contributed by atoms with van der Waals surface area (Å²) in [6.07, 6.45) is 1.40. The highest BCUT2D eigenvalue weighted by atomic mass is 79.9. The van der Waals surface area contributed by atoms with Crippen LogP contribution in [0.5, 0.6) is 5.75 Å². The van der Waals surface area contributed by atoms with Gasteiger partial charge in [-0.25, -0.2) is 8.42 Å². The number of halogens is 2. The summed E-state index contributed by atoms with van der Waals surface area (Å²) < 4.78 is 32.2. The number of nitrogens with one attached hydrogen (secondary N) is 1. The molecule has 37 heavy (non-hydrogen) atoms. The molecule has 1 N–H and O–H groups in total. The van der Waals surface area contributed by atoms with Gasteiger partial charge in [0.2, 0.25) is 21.8 Å². The molecule has 204 valence electrons. The second kappa shape index (κ2) is 13.0. The Labute approximate surface area is 233 Å². The van der Waals surface area contributed by atoms with Crippen molar-refractivity contribution in [2.24, 2.45) is 0 Å². The van der Waals surface area contributed by atoms with E-state index in [4.69, 9.17) is 16.3 Å². The van der Waals surface area contributed by atoms with E-state index in [-0.39, 0.29) is 42.8 Å². The van der Waals surface area contributed by atoms with Gasteiger partial charge >= 0.3 is 0 Å². The van der Waals surface area contributed by atoms with Gasteiger partial charge in [0.1, 0.15) is 11.8 Å². The Balaban J connectivity index is 2.21. The SMILES string of the molecule is COc1ccc(N(CCCC(=O)N(Cc2cccc(Br)c2)C(C)C(=O)NC(C)(C)C)S(C)(=O)=O)cc1Cl. The van der Waals surface area contributed by atoms with Crippen molar-refractivity contribution in [1.29, 1.82) is 0 Å². The van der Waals surface area contributed by atoms with Crippen molar-refractivity contribution in [2.75, 3.05) is 24.2 Å². The van der Waals surface area contributed by atoms with Gasteiger partial charge in [0.25, 0.3) is 0 Å². The van der Waals surface area contributed by atoms with Crippen LogP contribution in [-0.2, 0) is 26.2 Å². The molecule has 8 nitrogen and oxygen atoms in total. The average molecular weight is 617 g/mol. The molecule has 0 bridgehead atoms. The molecule has 0 radical (unpaired) electrons. The predicted octanol–water partition coefficient (Wildman–Crippen LogP) is 4.99. The number of hydrogen-bond donors (Lipinski definition) is 1. The Kier molecular flexibility index (Phi) is 10.8. The first-order valence-electron chi connectivity index (χ1n) is 11.8. The molecule has 0 fully saturated rings. The number of anilines is 1. The molecule has 0 saturated carbocycles. The highest BCUT2D eigenvalue weighted by Gasteiger charge is 2.28. The van der Waals surface area contributed by atoms with Gasteiger partial charge in [-0.15, -0.1) is 0 Å². The predicted molar refractivity (Wildman–Crippen MR) is 151 cm³/mol. The van der Waals surface area contributed by atoms with Gasteiger partial charge in [-0.1, -0.05) is 39.7 Å². The summed E-state index contributed by atoms with van der Waals surface area (Å²) in [5.41, 5.74) is 0.791. The van der Waals surface area contributed by atoms with E-state index in [2.05, 4.69) is 21.2 Å². The van der Waals surface area contributed by atoms with Gasteiger partial charge in [-0.3, -0.25) is 13.9 Å². The number of amides is 2.